The van der Waals surface area contributed by atoms with E-state index in [4.69, 9.17) is 27.9 Å². The number of aromatic nitrogens is 1. The maximum Gasteiger partial charge on any atom is 0.342 e. The fourth-order valence-electron chi connectivity index (χ4n) is 1.70. The Labute approximate surface area is 142 Å². The van der Waals surface area contributed by atoms with E-state index in [1.54, 1.807) is 13.0 Å². The zero-order valence-corrected chi connectivity index (χ0v) is 13.5. The SMILES string of the molecule is Cc1ccc(O)c(C(=O)OCC(=O)Nc2ncc(Cl)cc2Cl)c1. The average Bonchev–Trinajstić information content (AvgIpc) is 2.50. The zero-order chi connectivity index (χ0) is 17.0. The average molecular weight is 355 g/mol. The van der Waals surface area contributed by atoms with Crippen molar-refractivity contribution in [1.82, 2.24) is 4.98 Å². The Morgan fingerprint density at radius 2 is 2.04 bits per heavy atom. The molecule has 120 valence electrons. The summed E-state index contributed by atoms with van der Waals surface area (Å²) >= 11 is 11.6. The lowest BCUT2D eigenvalue weighted by Crippen LogP contribution is -2.21. The lowest BCUT2D eigenvalue weighted by Gasteiger charge is -2.08. The number of phenolic OH excluding ortho intramolecular Hbond substituents is 1. The van der Waals surface area contributed by atoms with Gasteiger partial charge < -0.3 is 15.2 Å². The molecule has 0 aliphatic rings. The number of pyridine rings is 1. The number of carbonyl (C=O) groups excluding carboxylic acids is 2. The standard InChI is InChI=1S/C15H12Cl2N2O4/c1-8-2-3-12(20)10(4-8)15(22)23-7-13(21)19-14-11(17)5-9(16)6-18-14/h2-6,20H,7H2,1H3,(H,18,19,21). The maximum atomic E-state index is 11.9. The molecule has 23 heavy (non-hydrogen) atoms. The van der Waals surface area contributed by atoms with Gasteiger partial charge in [-0.25, -0.2) is 9.78 Å². The van der Waals surface area contributed by atoms with Crippen molar-refractivity contribution in [3.05, 3.63) is 51.6 Å². The molecular weight excluding hydrogens is 343 g/mol. The van der Waals surface area contributed by atoms with Crippen LogP contribution < -0.4 is 5.32 Å². The van der Waals surface area contributed by atoms with Gasteiger partial charge in [-0.2, -0.15) is 0 Å². The van der Waals surface area contributed by atoms with Gasteiger partial charge in [0.15, 0.2) is 12.4 Å². The van der Waals surface area contributed by atoms with Gasteiger partial charge in [0, 0.05) is 6.20 Å². The molecule has 6 nitrogen and oxygen atoms in total. The molecule has 0 bridgehead atoms. The molecule has 1 amide bonds. The van der Waals surface area contributed by atoms with Crippen molar-refractivity contribution in [2.45, 2.75) is 6.92 Å². The zero-order valence-electron chi connectivity index (χ0n) is 12.0. The summed E-state index contributed by atoms with van der Waals surface area (Å²) in [6, 6.07) is 5.91. The number of amides is 1. The summed E-state index contributed by atoms with van der Waals surface area (Å²) in [5.41, 5.74) is 0.761. The molecule has 0 aliphatic carbocycles. The Bertz CT molecular complexity index is 765. The molecule has 1 aromatic carbocycles. The number of nitrogens with zero attached hydrogens (tertiary/aromatic N) is 1. The third kappa shape index (κ3) is 4.58. The van der Waals surface area contributed by atoms with Crippen LogP contribution in [0.25, 0.3) is 0 Å². The highest BCUT2D eigenvalue weighted by molar-refractivity contribution is 6.36. The molecule has 0 saturated carbocycles. The van der Waals surface area contributed by atoms with Gasteiger partial charge in [-0.1, -0.05) is 34.8 Å². The van der Waals surface area contributed by atoms with Gasteiger partial charge in [-0.05, 0) is 25.1 Å². The third-order valence-electron chi connectivity index (χ3n) is 2.77. The number of anilines is 1. The molecule has 0 unspecified atom stereocenters. The number of benzene rings is 1. The maximum absolute atomic E-state index is 11.9. The van der Waals surface area contributed by atoms with Crippen LogP contribution in [0.1, 0.15) is 15.9 Å². The second-order valence-electron chi connectivity index (χ2n) is 4.63. The predicted octanol–water partition coefficient (Wildman–Crippen LogP) is 3.20. The molecule has 0 aliphatic heterocycles. The lowest BCUT2D eigenvalue weighted by atomic mass is 10.1. The molecule has 0 radical (unpaired) electrons. The van der Waals surface area contributed by atoms with Crippen LogP contribution in [0.5, 0.6) is 5.75 Å². The molecule has 0 spiro atoms. The van der Waals surface area contributed by atoms with Gasteiger partial charge in [-0.15, -0.1) is 0 Å². The smallest absolute Gasteiger partial charge is 0.342 e. The van der Waals surface area contributed by atoms with Crippen molar-refractivity contribution in [2.75, 3.05) is 11.9 Å². The Kier molecular flexibility index (Phi) is 5.41. The van der Waals surface area contributed by atoms with Gasteiger partial charge >= 0.3 is 5.97 Å². The number of halogens is 2. The number of rotatable bonds is 4. The quantitative estimate of drug-likeness (QED) is 0.823. The molecular formula is C15H12Cl2N2O4. The van der Waals surface area contributed by atoms with Crippen LogP contribution >= 0.6 is 23.2 Å². The molecule has 1 heterocycles. The van der Waals surface area contributed by atoms with Crippen LogP contribution in [0.15, 0.2) is 30.5 Å². The van der Waals surface area contributed by atoms with E-state index in [0.29, 0.717) is 5.02 Å². The number of hydrogen-bond acceptors (Lipinski definition) is 5. The molecule has 2 rings (SSSR count). The fourth-order valence-corrected chi connectivity index (χ4v) is 2.12. The first kappa shape index (κ1) is 17.1. The number of ether oxygens (including phenoxy) is 1. The fraction of sp³-hybridized carbons (Fsp3) is 0.133. The van der Waals surface area contributed by atoms with Crippen LogP contribution in [0.2, 0.25) is 10.0 Å². The highest BCUT2D eigenvalue weighted by Crippen LogP contribution is 2.22. The van der Waals surface area contributed by atoms with Crippen LogP contribution in [-0.2, 0) is 9.53 Å². The number of hydrogen-bond donors (Lipinski definition) is 2. The Hall–Kier alpha value is -2.31. The minimum Gasteiger partial charge on any atom is -0.507 e. The van der Waals surface area contributed by atoms with E-state index >= 15 is 0 Å². The highest BCUT2D eigenvalue weighted by atomic mass is 35.5. The van der Waals surface area contributed by atoms with E-state index < -0.39 is 18.5 Å². The number of aryl methyl sites for hydroxylation is 1. The number of nitrogens with one attached hydrogen (secondary N) is 1. The molecule has 2 N–H and O–H groups in total. The third-order valence-corrected chi connectivity index (χ3v) is 3.27. The predicted molar refractivity (Wildman–Crippen MR) is 86.0 cm³/mol. The van der Waals surface area contributed by atoms with Crippen molar-refractivity contribution in [2.24, 2.45) is 0 Å². The summed E-state index contributed by atoms with van der Waals surface area (Å²) in [5.74, 6) is -1.54. The van der Waals surface area contributed by atoms with E-state index in [1.807, 2.05) is 0 Å². The minimum atomic E-state index is -0.809. The number of esters is 1. The Morgan fingerprint density at radius 3 is 2.74 bits per heavy atom. The largest absolute Gasteiger partial charge is 0.507 e. The van der Waals surface area contributed by atoms with Gasteiger partial charge in [-0.3, -0.25) is 4.79 Å². The van der Waals surface area contributed by atoms with E-state index in [1.165, 1.54) is 24.4 Å². The van der Waals surface area contributed by atoms with Crippen LogP contribution in [0.3, 0.4) is 0 Å². The second kappa shape index (κ2) is 7.30. The first-order valence-electron chi connectivity index (χ1n) is 6.44. The van der Waals surface area contributed by atoms with Crippen LogP contribution in [0.4, 0.5) is 5.82 Å². The first-order chi connectivity index (χ1) is 10.9. The van der Waals surface area contributed by atoms with Gasteiger partial charge in [0.05, 0.1) is 10.0 Å². The van der Waals surface area contributed by atoms with Crippen molar-refractivity contribution in [3.63, 3.8) is 0 Å². The summed E-state index contributed by atoms with van der Waals surface area (Å²) in [7, 11) is 0. The molecule has 0 atom stereocenters. The van der Waals surface area contributed by atoms with Crippen LogP contribution in [-0.4, -0.2) is 28.6 Å². The van der Waals surface area contributed by atoms with Crippen LogP contribution in [0, 0.1) is 6.92 Å². The Morgan fingerprint density at radius 1 is 1.30 bits per heavy atom. The number of phenols is 1. The molecule has 2 aromatic rings. The van der Waals surface area contributed by atoms with Crippen molar-refractivity contribution < 1.29 is 19.4 Å². The molecule has 1 aromatic heterocycles. The summed E-state index contributed by atoms with van der Waals surface area (Å²) in [6.45, 7) is 1.21. The normalized spacial score (nSPS) is 10.2. The molecule has 8 heteroatoms. The van der Waals surface area contributed by atoms with E-state index in [9.17, 15) is 14.7 Å². The summed E-state index contributed by atoms with van der Waals surface area (Å²) in [4.78, 5) is 27.5. The lowest BCUT2D eigenvalue weighted by molar-refractivity contribution is -0.119. The Balaban J connectivity index is 1.96. The summed E-state index contributed by atoms with van der Waals surface area (Å²) < 4.78 is 4.85. The van der Waals surface area contributed by atoms with Crippen molar-refractivity contribution in [1.29, 1.82) is 0 Å². The van der Waals surface area contributed by atoms with Gasteiger partial charge in [0.2, 0.25) is 0 Å². The summed E-state index contributed by atoms with van der Waals surface area (Å²) in [6.07, 6.45) is 1.32. The van der Waals surface area contributed by atoms with Gasteiger partial charge in [0.25, 0.3) is 5.91 Å². The van der Waals surface area contributed by atoms with E-state index in [0.717, 1.165) is 5.56 Å². The van der Waals surface area contributed by atoms with Crippen molar-refractivity contribution >= 4 is 40.9 Å². The number of aromatic hydroxyl groups is 1. The highest BCUT2D eigenvalue weighted by Gasteiger charge is 2.15. The summed E-state index contributed by atoms with van der Waals surface area (Å²) in [5, 5.41) is 12.5. The monoisotopic (exact) mass is 354 g/mol. The number of carbonyl (C=O) groups is 2. The van der Waals surface area contributed by atoms with E-state index in [-0.39, 0.29) is 22.2 Å². The second-order valence-corrected chi connectivity index (χ2v) is 5.47. The molecule has 0 fully saturated rings. The molecule has 0 saturated heterocycles. The van der Waals surface area contributed by atoms with Crippen molar-refractivity contribution in [3.8, 4) is 5.75 Å². The van der Waals surface area contributed by atoms with E-state index in [2.05, 4.69) is 10.3 Å². The first-order valence-corrected chi connectivity index (χ1v) is 7.20. The van der Waals surface area contributed by atoms with Gasteiger partial charge in [0.1, 0.15) is 11.3 Å². The topological polar surface area (TPSA) is 88.5 Å². The minimum absolute atomic E-state index is 0.0135.